The summed E-state index contributed by atoms with van der Waals surface area (Å²) < 4.78 is 31.4. The Hall–Kier alpha value is -2.42. The van der Waals surface area contributed by atoms with Gasteiger partial charge in [0.05, 0.1) is 15.6 Å². The van der Waals surface area contributed by atoms with Crippen molar-refractivity contribution < 1.29 is 22.7 Å². The number of hydrogen-bond acceptors (Lipinski definition) is 5. The van der Waals surface area contributed by atoms with Crippen molar-refractivity contribution in [2.24, 2.45) is 0 Å². The lowest BCUT2D eigenvalue weighted by Crippen LogP contribution is -2.35. The Morgan fingerprint density at radius 1 is 1.11 bits per heavy atom. The Bertz CT molecular complexity index is 929. The lowest BCUT2D eigenvalue weighted by Gasteiger charge is -2.14. The predicted molar refractivity (Wildman–Crippen MR) is 102 cm³/mol. The summed E-state index contributed by atoms with van der Waals surface area (Å²) in [5.74, 6) is -1.47. The zero-order valence-corrected chi connectivity index (χ0v) is 16.3. The maximum absolute atomic E-state index is 12.1. The van der Waals surface area contributed by atoms with E-state index in [2.05, 4.69) is 10.0 Å². The summed E-state index contributed by atoms with van der Waals surface area (Å²) in [6.45, 7) is 2.61. The van der Waals surface area contributed by atoms with Gasteiger partial charge in [-0.1, -0.05) is 41.4 Å². The molecular weight excluding hydrogens is 392 g/mol. The second-order valence-corrected chi connectivity index (χ2v) is 7.91. The summed E-state index contributed by atoms with van der Waals surface area (Å²) in [4.78, 5) is 24.0. The number of benzene rings is 2. The highest BCUT2D eigenvalue weighted by Crippen LogP contribution is 2.20. The molecule has 2 rings (SSSR count). The molecule has 0 unspecified atom stereocenters. The van der Waals surface area contributed by atoms with Crippen molar-refractivity contribution in [2.45, 2.75) is 24.8 Å². The van der Waals surface area contributed by atoms with E-state index in [4.69, 9.17) is 16.3 Å². The minimum atomic E-state index is -3.85. The van der Waals surface area contributed by atoms with E-state index in [0.717, 1.165) is 5.56 Å². The molecule has 27 heavy (non-hydrogen) atoms. The van der Waals surface area contributed by atoms with Crippen LogP contribution in [0.15, 0.2) is 53.4 Å². The number of amides is 1. The average molecular weight is 411 g/mol. The first-order valence-corrected chi connectivity index (χ1v) is 9.86. The van der Waals surface area contributed by atoms with Crippen molar-refractivity contribution in [3.63, 3.8) is 0 Å². The van der Waals surface area contributed by atoms with Gasteiger partial charge in [-0.2, -0.15) is 4.72 Å². The van der Waals surface area contributed by atoms with Crippen LogP contribution in [0.5, 0.6) is 0 Å². The van der Waals surface area contributed by atoms with Gasteiger partial charge in [0.15, 0.2) is 6.10 Å². The molecule has 9 heteroatoms. The minimum absolute atomic E-state index is 0.0328. The monoisotopic (exact) mass is 410 g/mol. The van der Waals surface area contributed by atoms with Crippen molar-refractivity contribution in [3.8, 4) is 0 Å². The Morgan fingerprint density at radius 2 is 1.74 bits per heavy atom. The van der Waals surface area contributed by atoms with Gasteiger partial charge in [0.1, 0.15) is 6.54 Å². The molecule has 0 heterocycles. The first-order valence-electron chi connectivity index (χ1n) is 8.00. The second kappa shape index (κ2) is 8.98. The van der Waals surface area contributed by atoms with Crippen molar-refractivity contribution in [2.75, 3.05) is 11.9 Å². The molecule has 1 amide bonds. The van der Waals surface area contributed by atoms with E-state index in [1.165, 1.54) is 19.1 Å². The van der Waals surface area contributed by atoms with Gasteiger partial charge in [0, 0.05) is 0 Å². The van der Waals surface area contributed by atoms with E-state index in [0.29, 0.717) is 10.7 Å². The van der Waals surface area contributed by atoms with Crippen molar-refractivity contribution in [1.82, 2.24) is 4.72 Å². The molecule has 2 aromatic carbocycles. The summed E-state index contributed by atoms with van der Waals surface area (Å²) in [6.07, 6.45) is -1.13. The van der Waals surface area contributed by atoms with Crippen molar-refractivity contribution in [3.05, 3.63) is 59.1 Å². The van der Waals surface area contributed by atoms with Crippen LogP contribution in [0.25, 0.3) is 0 Å². The molecule has 0 aliphatic heterocycles. The quantitative estimate of drug-likeness (QED) is 0.683. The molecule has 0 fully saturated rings. The van der Waals surface area contributed by atoms with Gasteiger partial charge >= 0.3 is 5.97 Å². The fourth-order valence-corrected chi connectivity index (χ4v) is 3.20. The number of carbonyl (C=O) groups excluding carboxylic acids is 2. The van der Waals surface area contributed by atoms with Crippen LogP contribution in [-0.2, 0) is 24.3 Å². The molecule has 7 nitrogen and oxygen atoms in total. The maximum atomic E-state index is 12.1. The van der Waals surface area contributed by atoms with Gasteiger partial charge in [0.2, 0.25) is 10.0 Å². The summed E-state index contributed by atoms with van der Waals surface area (Å²) in [5.41, 5.74) is 1.29. The van der Waals surface area contributed by atoms with Crippen LogP contribution in [-0.4, -0.2) is 32.9 Å². The number of ether oxygens (including phenoxy) is 1. The first kappa shape index (κ1) is 20.9. The number of sulfonamides is 1. The largest absolute Gasteiger partial charge is 0.452 e. The van der Waals surface area contributed by atoms with Gasteiger partial charge in [-0.05, 0) is 38.1 Å². The number of rotatable bonds is 7. The zero-order valence-electron chi connectivity index (χ0n) is 14.7. The molecule has 2 N–H and O–H groups in total. The Balaban J connectivity index is 1.88. The molecular formula is C18H19ClN2O5S. The van der Waals surface area contributed by atoms with Gasteiger partial charge in [-0.15, -0.1) is 0 Å². The molecule has 0 radical (unpaired) electrons. The van der Waals surface area contributed by atoms with Gasteiger partial charge in [-0.3, -0.25) is 9.59 Å². The van der Waals surface area contributed by atoms with E-state index in [-0.39, 0.29) is 4.90 Å². The van der Waals surface area contributed by atoms with E-state index in [9.17, 15) is 18.0 Å². The fourth-order valence-electron chi connectivity index (χ4n) is 2.04. The van der Waals surface area contributed by atoms with Crippen LogP contribution >= 0.6 is 11.6 Å². The van der Waals surface area contributed by atoms with Crippen LogP contribution in [0.4, 0.5) is 5.69 Å². The second-order valence-electron chi connectivity index (χ2n) is 5.74. The number of para-hydroxylation sites is 1. The molecule has 2 aromatic rings. The Labute approximate surface area is 162 Å². The third-order valence-corrected chi connectivity index (χ3v) is 5.29. The third kappa shape index (κ3) is 6.06. The minimum Gasteiger partial charge on any atom is -0.452 e. The molecule has 0 aliphatic carbocycles. The van der Waals surface area contributed by atoms with Crippen molar-refractivity contribution >= 4 is 39.2 Å². The summed E-state index contributed by atoms with van der Waals surface area (Å²) in [6, 6.07) is 12.8. The summed E-state index contributed by atoms with van der Waals surface area (Å²) >= 11 is 5.95. The van der Waals surface area contributed by atoms with Crippen LogP contribution in [0.1, 0.15) is 12.5 Å². The number of halogens is 1. The molecule has 0 spiro atoms. The lowest BCUT2D eigenvalue weighted by atomic mass is 10.2. The fraction of sp³-hybridized carbons (Fsp3) is 0.222. The standard InChI is InChI=1S/C18H19ClN2O5S/c1-12-7-9-14(10-8-12)27(24,25)20-11-17(22)26-13(2)18(23)21-16-6-4-3-5-15(16)19/h3-10,13,20H,11H2,1-2H3,(H,21,23)/t13-/m1/s1. The van der Waals surface area contributed by atoms with Gasteiger partial charge in [-0.25, -0.2) is 8.42 Å². The SMILES string of the molecule is Cc1ccc(S(=O)(=O)NCC(=O)O[C@H](C)C(=O)Nc2ccccc2Cl)cc1. The number of anilines is 1. The highest BCUT2D eigenvalue weighted by Gasteiger charge is 2.21. The first-order chi connectivity index (χ1) is 12.7. The number of aryl methyl sites for hydroxylation is 1. The van der Waals surface area contributed by atoms with Crippen LogP contribution < -0.4 is 10.0 Å². The molecule has 0 aromatic heterocycles. The number of nitrogens with one attached hydrogen (secondary N) is 2. The number of hydrogen-bond donors (Lipinski definition) is 2. The zero-order chi connectivity index (χ0) is 20.0. The van der Waals surface area contributed by atoms with Crippen LogP contribution in [0, 0.1) is 6.92 Å². The maximum Gasteiger partial charge on any atom is 0.321 e. The van der Waals surface area contributed by atoms with Crippen molar-refractivity contribution in [1.29, 1.82) is 0 Å². The molecule has 0 saturated heterocycles. The smallest absolute Gasteiger partial charge is 0.321 e. The topological polar surface area (TPSA) is 102 Å². The number of carbonyl (C=O) groups is 2. The summed E-state index contributed by atoms with van der Waals surface area (Å²) in [5, 5.41) is 2.87. The predicted octanol–water partition coefficient (Wildman–Crippen LogP) is 2.50. The van der Waals surface area contributed by atoms with E-state index < -0.39 is 34.5 Å². The van der Waals surface area contributed by atoms with Gasteiger partial charge < -0.3 is 10.1 Å². The Morgan fingerprint density at radius 3 is 2.37 bits per heavy atom. The van der Waals surface area contributed by atoms with Crippen LogP contribution in [0.3, 0.4) is 0 Å². The molecule has 0 saturated carbocycles. The highest BCUT2D eigenvalue weighted by atomic mass is 35.5. The Kier molecular flexibility index (Phi) is 6.95. The molecule has 144 valence electrons. The molecule has 0 bridgehead atoms. The van der Waals surface area contributed by atoms with E-state index in [1.54, 1.807) is 36.4 Å². The van der Waals surface area contributed by atoms with E-state index >= 15 is 0 Å². The van der Waals surface area contributed by atoms with E-state index in [1.807, 2.05) is 6.92 Å². The molecule has 0 aliphatic rings. The normalized spacial score (nSPS) is 12.3. The lowest BCUT2D eigenvalue weighted by molar-refractivity contribution is -0.151. The van der Waals surface area contributed by atoms with Gasteiger partial charge in [0.25, 0.3) is 5.91 Å². The number of esters is 1. The molecule has 1 atom stereocenters. The highest BCUT2D eigenvalue weighted by molar-refractivity contribution is 7.89. The third-order valence-electron chi connectivity index (χ3n) is 3.55. The average Bonchev–Trinajstić information content (AvgIpc) is 2.62. The summed E-state index contributed by atoms with van der Waals surface area (Å²) in [7, 11) is -3.85. The van der Waals surface area contributed by atoms with Crippen LogP contribution in [0.2, 0.25) is 5.02 Å².